The fraction of sp³-hybridized carbons (Fsp3) is 0.917. The van der Waals surface area contributed by atoms with Gasteiger partial charge in [-0.1, -0.05) is 0 Å². The molecule has 2 atom stereocenters. The molecule has 0 saturated carbocycles. The maximum atomic E-state index is 11.3. The van der Waals surface area contributed by atoms with Crippen LogP contribution in [0, 0.1) is 0 Å². The minimum Gasteiger partial charge on any atom is -0.468 e. The van der Waals surface area contributed by atoms with Crippen molar-refractivity contribution in [3.8, 4) is 0 Å². The Morgan fingerprint density at radius 3 is 2.94 bits per heavy atom. The van der Waals surface area contributed by atoms with Crippen molar-refractivity contribution in [2.45, 2.75) is 37.8 Å². The van der Waals surface area contributed by atoms with Crippen LogP contribution in [-0.4, -0.2) is 52.1 Å². The van der Waals surface area contributed by atoms with E-state index in [1.165, 1.54) is 13.5 Å². The maximum absolute atomic E-state index is 11.3. The Labute approximate surface area is 103 Å². The van der Waals surface area contributed by atoms with Crippen LogP contribution in [0.2, 0.25) is 0 Å². The number of rotatable bonds is 7. The fourth-order valence-corrected chi connectivity index (χ4v) is 1.88. The number of methoxy groups -OCH3 is 1. The molecule has 5 nitrogen and oxygen atoms in total. The van der Waals surface area contributed by atoms with Crippen LogP contribution in [0.5, 0.6) is 0 Å². The zero-order valence-electron chi connectivity index (χ0n) is 10.7. The standard InChI is InChI=1S/C12H23NO4/c1-13-11(12(14)15-2)6-8-16-9-10-5-3-4-7-17-10/h10-11,13H,3-9H2,1-2H3. The molecule has 0 aromatic rings. The Kier molecular flexibility index (Phi) is 7.16. The molecule has 0 aromatic heterocycles. The van der Waals surface area contributed by atoms with Crippen LogP contribution in [0.15, 0.2) is 0 Å². The minimum atomic E-state index is -0.285. The smallest absolute Gasteiger partial charge is 0.322 e. The van der Waals surface area contributed by atoms with E-state index in [1.807, 2.05) is 0 Å². The van der Waals surface area contributed by atoms with Crippen LogP contribution in [-0.2, 0) is 19.0 Å². The lowest BCUT2D eigenvalue weighted by atomic mass is 10.1. The number of likely N-dealkylation sites (N-methyl/N-ethyl adjacent to an activating group) is 1. The third-order valence-corrected chi connectivity index (χ3v) is 2.96. The van der Waals surface area contributed by atoms with Gasteiger partial charge in [0.25, 0.3) is 0 Å². The number of ether oxygens (including phenoxy) is 3. The van der Waals surface area contributed by atoms with Crippen molar-refractivity contribution in [1.29, 1.82) is 0 Å². The first kappa shape index (κ1) is 14.4. The molecular formula is C12H23NO4. The van der Waals surface area contributed by atoms with Gasteiger partial charge in [-0.2, -0.15) is 0 Å². The summed E-state index contributed by atoms with van der Waals surface area (Å²) in [6.07, 6.45) is 4.30. The normalized spacial score (nSPS) is 22.1. The summed E-state index contributed by atoms with van der Waals surface area (Å²) < 4.78 is 15.7. The largest absolute Gasteiger partial charge is 0.468 e. The molecule has 0 bridgehead atoms. The Morgan fingerprint density at radius 2 is 2.35 bits per heavy atom. The van der Waals surface area contributed by atoms with E-state index in [2.05, 4.69) is 10.1 Å². The molecule has 1 fully saturated rings. The maximum Gasteiger partial charge on any atom is 0.322 e. The first-order chi connectivity index (χ1) is 8.27. The number of carbonyl (C=O) groups is 1. The van der Waals surface area contributed by atoms with Crippen LogP contribution in [0.3, 0.4) is 0 Å². The second kappa shape index (κ2) is 8.44. The highest BCUT2D eigenvalue weighted by molar-refractivity contribution is 5.75. The fourth-order valence-electron chi connectivity index (χ4n) is 1.88. The summed E-state index contributed by atoms with van der Waals surface area (Å²) in [6.45, 7) is 2.01. The molecule has 0 amide bonds. The third kappa shape index (κ3) is 5.48. The van der Waals surface area contributed by atoms with Gasteiger partial charge in [-0.15, -0.1) is 0 Å². The Morgan fingerprint density at radius 1 is 1.53 bits per heavy atom. The van der Waals surface area contributed by atoms with Crippen molar-refractivity contribution in [2.24, 2.45) is 0 Å². The van der Waals surface area contributed by atoms with Gasteiger partial charge in [0.1, 0.15) is 6.04 Å². The van der Waals surface area contributed by atoms with E-state index < -0.39 is 0 Å². The van der Waals surface area contributed by atoms with Gasteiger partial charge in [0.2, 0.25) is 0 Å². The van der Waals surface area contributed by atoms with Gasteiger partial charge in [0.05, 0.1) is 19.8 Å². The third-order valence-electron chi connectivity index (χ3n) is 2.96. The molecule has 0 aliphatic carbocycles. The number of hydrogen-bond acceptors (Lipinski definition) is 5. The van der Waals surface area contributed by atoms with Crippen LogP contribution in [0.25, 0.3) is 0 Å². The molecule has 0 radical (unpaired) electrons. The zero-order valence-corrected chi connectivity index (χ0v) is 10.7. The summed E-state index contributed by atoms with van der Waals surface area (Å²) in [5, 5.41) is 2.91. The Balaban J connectivity index is 2.07. The van der Waals surface area contributed by atoms with E-state index in [1.54, 1.807) is 7.05 Å². The van der Waals surface area contributed by atoms with Gasteiger partial charge in [-0.3, -0.25) is 4.79 Å². The zero-order chi connectivity index (χ0) is 12.5. The van der Waals surface area contributed by atoms with Crippen LogP contribution in [0.1, 0.15) is 25.7 Å². The van der Waals surface area contributed by atoms with Crippen molar-refractivity contribution in [3.05, 3.63) is 0 Å². The SMILES string of the molecule is CNC(CCOCC1CCCCO1)C(=O)OC. The number of esters is 1. The average Bonchev–Trinajstić information content (AvgIpc) is 2.39. The Bertz CT molecular complexity index is 217. The van der Waals surface area contributed by atoms with Gasteiger partial charge < -0.3 is 19.5 Å². The predicted octanol–water partition coefficient (Wildman–Crippen LogP) is 0.723. The summed E-state index contributed by atoms with van der Waals surface area (Å²) in [5.74, 6) is -0.245. The molecule has 0 spiro atoms. The van der Waals surface area contributed by atoms with Gasteiger partial charge in [0.15, 0.2) is 0 Å². The summed E-state index contributed by atoms with van der Waals surface area (Å²) in [5.41, 5.74) is 0. The summed E-state index contributed by atoms with van der Waals surface area (Å²) in [4.78, 5) is 11.3. The second-order valence-corrected chi connectivity index (χ2v) is 4.22. The molecule has 100 valence electrons. The molecular weight excluding hydrogens is 222 g/mol. The van der Waals surface area contributed by atoms with Gasteiger partial charge in [0, 0.05) is 13.2 Å². The van der Waals surface area contributed by atoms with E-state index in [0.717, 1.165) is 19.4 Å². The molecule has 0 aromatic carbocycles. The highest BCUT2D eigenvalue weighted by atomic mass is 16.5. The Hall–Kier alpha value is -0.650. The molecule has 1 saturated heterocycles. The van der Waals surface area contributed by atoms with Crippen LogP contribution in [0.4, 0.5) is 0 Å². The lowest BCUT2D eigenvalue weighted by molar-refractivity contribution is -0.143. The number of hydrogen-bond donors (Lipinski definition) is 1. The van der Waals surface area contributed by atoms with Gasteiger partial charge in [-0.05, 0) is 32.7 Å². The molecule has 1 rings (SSSR count). The molecule has 17 heavy (non-hydrogen) atoms. The quantitative estimate of drug-likeness (QED) is 0.529. The van der Waals surface area contributed by atoms with Crippen LogP contribution < -0.4 is 5.32 Å². The summed E-state index contributed by atoms with van der Waals surface area (Å²) >= 11 is 0. The van der Waals surface area contributed by atoms with Crippen molar-refractivity contribution < 1.29 is 19.0 Å². The molecule has 1 N–H and O–H groups in total. The molecule has 1 heterocycles. The van der Waals surface area contributed by atoms with Crippen LogP contribution >= 0.6 is 0 Å². The first-order valence-electron chi connectivity index (χ1n) is 6.22. The van der Waals surface area contributed by atoms with E-state index in [9.17, 15) is 4.79 Å². The predicted molar refractivity (Wildman–Crippen MR) is 63.9 cm³/mol. The topological polar surface area (TPSA) is 56.8 Å². The van der Waals surface area contributed by atoms with Crippen molar-refractivity contribution in [3.63, 3.8) is 0 Å². The highest BCUT2D eigenvalue weighted by Gasteiger charge is 2.17. The van der Waals surface area contributed by atoms with E-state index >= 15 is 0 Å². The number of nitrogens with one attached hydrogen (secondary N) is 1. The minimum absolute atomic E-state index is 0.231. The average molecular weight is 245 g/mol. The van der Waals surface area contributed by atoms with E-state index in [4.69, 9.17) is 9.47 Å². The molecule has 1 aliphatic heterocycles. The molecule has 2 unspecified atom stereocenters. The van der Waals surface area contributed by atoms with Gasteiger partial charge >= 0.3 is 5.97 Å². The summed E-state index contributed by atoms with van der Waals surface area (Å²) in [6, 6.07) is -0.285. The number of carbonyl (C=O) groups excluding carboxylic acids is 1. The highest BCUT2D eigenvalue weighted by Crippen LogP contribution is 2.12. The van der Waals surface area contributed by atoms with Crippen molar-refractivity contribution in [2.75, 3.05) is 34.0 Å². The van der Waals surface area contributed by atoms with Gasteiger partial charge in [-0.25, -0.2) is 0 Å². The lowest BCUT2D eigenvalue weighted by Gasteiger charge is -2.22. The monoisotopic (exact) mass is 245 g/mol. The second-order valence-electron chi connectivity index (χ2n) is 4.22. The van der Waals surface area contributed by atoms with Crippen molar-refractivity contribution >= 4 is 5.97 Å². The van der Waals surface area contributed by atoms with Crippen molar-refractivity contribution in [1.82, 2.24) is 5.32 Å². The summed E-state index contributed by atoms with van der Waals surface area (Å²) in [7, 11) is 3.13. The molecule has 1 aliphatic rings. The molecule has 5 heteroatoms. The van der Waals surface area contributed by atoms with E-state index in [0.29, 0.717) is 19.6 Å². The van der Waals surface area contributed by atoms with E-state index in [-0.39, 0.29) is 18.1 Å². The lowest BCUT2D eigenvalue weighted by Crippen LogP contribution is -2.36. The first-order valence-corrected chi connectivity index (χ1v) is 6.22.